The van der Waals surface area contributed by atoms with E-state index in [1.165, 1.54) is 18.3 Å². The summed E-state index contributed by atoms with van der Waals surface area (Å²) in [7, 11) is 0. The second-order valence-corrected chi connectivity index (χ2v) is 6.94. The maximum atomic E-state index is 12.2. The number of nitrogens with one attached hydrogen (secondary N) is 1. The van der Waals surface area contributed by atoms with E-state index < -0.39 is 11.0 Å². The van der Waals surface area contributed by atoms with Crippen molar-refractivity contribution in [2.75, 3.05) is 5.32 Å². The summed E-state index contributed by atoms with van der Waals surface area (Å²) >= 11 is 1.59. The number of alkyl halides is 2. The molecule has 8 heteroatoms. The lowest BCUT2D eigenvalue weighted by Gasteiger charge is -2.12. The Hall–Kier alpha value is -1.80. The molecule has 23 heavy (non-hydrogen) atoms. The first kappa shape index (κ1) is 17.6. The van der Waals surface area contributed by atoms with Gasteiger partial charge in [-0.1, -0.05) is 11.8 Å². The van der Waals surface area contributed by atoms with Gasteiger partial charge in [0.25, 0.3) is 10.8 Å². The topological polar surface area (TPSA) is 56.0 Å². The number of nitrogens with zero attached hydrogens (tertiary/aromatic N) is 1. The number of benzene rings is 1. The summed E-state index contributed by atoms with van der Waals surface area (Å²) in [5.74, 6) is -2.75. The maximum Gasteiger partial charge on any atom is 0.288 e. The number of halogens is 2. The van der Waals surface area contributed by atoms with Crippen LogP contribution in [0.5, 0.6) is 0 Å². The molecule has 2 rings (SSSR count). The average molecular weight is 356 g/mol. The SMILES string of the molecule is C[C@H](Sc1cccc[n+]1[O-])C(=O)Nc1ccc(SC(F)F)cc1. The van der Waals surface area contributed by atoms with Crippen LogP contribution in [-0.4, -0.2) is 16.9 Å². The quantitative estimate of drug-likeness (QED) is 0.486. The number of aromatic nitrogens is 1. The molecule has 1 aromatic heterocycles. The molecule has 0 radical (unpaired) electrons. The third kappa shape index (κ3) is 5.40. The Bertz CT molecular complexity index is 669. The molecule has 0 aliphatic rings. The molecular formula is C15H14F2N2O2S2. The van der Waals surface area contributed by atoms with Crippen LogP contribution in [0.2, 0.25) is 0 Å². The maximum absolute atomic E-state index is 12.2. The predicted octanol–water partition coefficient (Wildman–Crippen LogP) is 3.75. The fraction of sp³-hybridized carbons (Fsp3) is 0.200. The molecule has 1 aromatic carbocycles. The normalized spacial score (nSPS) is 12.2. The minimum Gasteiger partial charge on any atom is -0.618 e. The molecule has 2 aromatic rings. The summed E-state index contributed by atoms with van der Waals surface area (Å²) in [6, 6.07) is 11.1. The Morgan fingerprint density at radius 2 is 1.87 bits per heavy atom. The van der Waals surface area contributed by atoms with Crippen LogP contribution < -0.4 is 10.0 Å². The number of carbonyl (C=O) groups excluding carboxylic acids is 1. The first-order valence-electron chi connectivity index (χ1n) is 6.66. The van der Waals surface area contributed by atoms with Crippen molar-refractivity contribution < 1.29 is 18.3 Å². The molecule has 1 amide bonds. The van der Waals surface area contributed by atoms with Crippen LogP contribution in [0.3, 0.4) is 0 Å². The highest BCUT2D eigenvalue weighted by Crippen LogP contribution is 2.26. The van der Waals surface area contributed by atoms with Gasteiger partial charge in [-0.2, -0.15) is 13.5 Å². The minimum atomic E-state index is -2.48. The molecular weight excluding hydrogens is 342 g/mol. The Morgan fingerprint density at radius 3 is 2.48 bits per heavy atom. The largest absolute Gasteiger partial charge is 0.618 e. The Labute approximate surface area is 140 Å². The van der Waals surface area contributed by atoms with Crippen molar-refractivity contribution in [1.29, 1.82) is 0 Å². The third-order valence-corrected chi connectivity index (χ3v) is 4.65. The highest BCUT2D eigenvalue weighted by atomic mass is 32.2. The number of hydrogen-bond donors (Lipinski definition) is 1. The number of anilines is 1. The van der Waals surface area contributed by atoms with Gasteiger partial charge in [-0.15, -0.1) is 0 Å². The van der Waals surface area contributed by atoms with Crippen molar-refractivity contribution in [2.24, 2.45) is 0 Å². The van der Waals surface area contributed by atoms with E-state index in [4.69, 9.17) is 0 Å². The van der Waals surface area contributed by atoms with E-state index in [0.717, 1.165) is 11.8 Å². The minimum absolute atomic E-state index is 0.270. The summed E-state index contributed by atoms with van der Waals surface area (Å²) in [4.78, 5) is 12.6. The molecule has 1 heterocycles. The summed E-state index contributed by atoms with van der Waals surface area (Å²) in [6.07, 6.45) is 1.37. The molecule has 1 atom stereocenters. The van der Waals surface area contributed by atoms with E-state index >= 15 is 0 Å². The van der Waals surface area contributed by atoms with Gasteiger partial charge in [0.2, 0.25) is 5.91 Å². The molecule has 1 N–H and O–H groups in total. The highest BCUT2D eigenvalue weighted by Gasteiger charge is 2.18. The molecule has 0 fully saturated rings. The third-order valence-electron chi connectivity index (χ3n) is 2.80. The van der Waals surface area contributed by atoms with Crippen LogP contribution in [0.15, 0.2) is 58.6 Å². The molecule has 0 aliphatic carbocycles. The van der Waals surface area contributed by atoms with Gasteiger partial charge in [0.05, 0.1) is 5.25 Å². The van der Waals surface area contributed by atoms with Gasteiger partial charge in [-0.25, -0.2) is 0 Å². The van der Waals surface area contributed by atoms with E-state index in [1.807, 2.05) is 0 Å². The molecule has 4 nitrogen and oxygen atoms in total. The van der Waals surface area contributed by atoms with Crippen LogP contribution >= 0.6 is 23.5 Å². The predicted molar refractivity (Wildman–Crippen MR) is 87.7 cm³/mol. The number of rotatable bonds is 6. The van der Waals surface area contributed by atoms with Crippen molar-refractivity contribution >= 4 is 35.1 Å². The van der Waals surface area contributed by atoms with Gasteiger partial charge in [0, 0.05) is 22.7 Å². The molecule has 0 bridgehead atoms. The average Bonchev–Trinajstić information content (AvgIpc) is 2.51. The Morgan fingerprint density at radius 1 is 1.17 bits per heavy atom. The van der Waals surface area contributed by atoms with Crippen LogP contribution in [0.25, 0.3) is 0 Å². The van der Waals surface area contributed by atoms with Crippen LogP contribution in [0.1, 0.15) is 6.92 Å². The van der Waals surface area contributed by atoms with Crippen molar-refractivity contribution in [3.63, 3.8) is 0 Å². The summed E-state index contributed by atoms with van der Waals surface area (Å²) in [5.41, 5.74) is 0.518. The van der Waals surface area contributed by atoms with Gasteiger partial charge >= 0.3 is 0 Å². The zero-order valence-electron chi connectivity index (χ0n) is 12.1. The zero-order valence-corrected chi connectivity index (χ0v) is 13.7. The molecule has 0 unspecified atom stereocenters. The Kier molecular flexibility index (Phi) is 6.23. The van der Waals surface area contributed by atoms with E-state index in [2.05, 4.69) is 5.32 Å². The van der Waals surface area contributed by atoms with E-state index in [-0.39, 0.29) is 5.91 Å². The smallest absolute Gasteiger partial charge is 0.288 e. The number of amides is 1. The fourth-order valence-corrected chi connectivity index (χ4v) is 3.05. The zero-order chi connectivity index (χ0) is 16.8. The van der Waals surface area contributed by atoms with Gasteiger partial charge in [0.15, 0.2) is 6.20 Å². The van der Waals surface area contributed by atoms with Crippen molar-refractivity contribution in [3.8, 4) is 0 Å². The summed E-state index contributed by atoms with van der Waals surface area (Å²) < 4.78 is 25.2. The number of thioether (sulfide) groups is 2. The van der Waals surface area contributed by atoms with E-state index in [1.54, 1.807) is 37.3 Å². The van der Waals surface area contributed by atoms with E-state index in [0.29, 0.717) is 32.1 Å². The molecule has 0 spiro atoms. The fourth-order valence-electron chi connectivity index (χ4n) is 1.70. The van der Waals surface area contributed by atoms with Crippen LogP contribution in [0.4, 0.5) is 14.5 Å². The van der Waals surface area contributed by atoms with Crippen molar-refractivity contribution in [2.45, 2.75) is 27.9 Å². The number of carbonyl (C=O) groups is 1. The molecule has 0 aliphatic heterocycles. The number of pyridine rings is 1. The molecule has 122 valence electrons. The van der Waals surface area contributed by atoms with Crippen LogP contribution in [0, 0.1) is 5.21 Å². The van der Waals surface area contributed by atoms with Gasteiger partial charge < -0.3 is 10.5 Å². The molecule has 0 saturated heterocycles. The first-order valence-corrected chi connectivity index (χ1v) is 8.42. The summed E-state index contributed by atoms with van der Waals surface area (Å²) in [5, 5.41) is 14.2. The second-order valence-electron chi connectivity index (χ2n) is 4.52. The van der Waals surface area contributed by atoms with Gasteiger partial charge in [0.1, 0.15) is 0 Å². The van der Waals surface area contributed by atoms with E-state index in [9.17, 15) is 18.8 Å². The Balaban J connectivity index is 1.94. The van der Waals surface area contributed by atoms with Gasteiger partial charge in [-0.3, -0.25) is 4.79 Å². The lowest BCUT2D eigenvalue weighted by molar-refractivity contribution is -0.645. The monoisotopic (exact) mass is 356 g/mol. The van der Waals surface area contributed by atoms with Crippen molar-refractivity contribution in [1.82, 2.24) is 0 Å². The lowest BCUT2D eigenvalue weighted by Crippen LogP contribution is -2.30. The summed E-state index contributed by atoms with van der Waals surface area (Å²) in [6.45, 7) is 1.69. The van der Waals surface area contributed by atoms with Gasteiger partial charge in [-0.05, 0) is 49.0 Å². The second kappa shape index (κ2) is 8.16. The van der Waals surface area contributed by atoms with Crippen molar-refractivity contribution in [3.05, 3.63) is 53.9 Å². The molecule has 0 saturated carbocycles. The lowest BCUT2D eigenvalue weighted by atomic mass is 10.3. The standard InChI is InChI=1S/C15H14F2N2O2S2/c1-10(22-13-4-2-3-9-19(13)21)14(20)18-11-5-7-12(8-6-11)23-15(16)17/h2-10,15H,1H3,(H,18,20)/t10-/m0/s1. The highest BCUT2D eigenvalue weighted by molar-refractivity contribution is 8.00. The van der Waals surface area contributed by atoms with Crippen LogP contribution in [-0.2, 0) is 4.79 Å². The number of hydrogen-bond acceptors (Lipinski definition) is 4. The first-order chi connectivity index (χ1) is 11.0.